The fourth-order valence-electron chi connectivity index (χ4n) is 1.94. The fraction of sp³-hybridized carbons (Fsp3) is 0.385. The Morgan fingerprint density at radius 2 is 2.18 bits per heavy atom. The number of halogens is 1. The molecule has 0 saturated heterocycles. The summed E-state index contributed by atoms with van der Waals surface area (Å²) in [6.07, 6.45) is 1.10. The molecule has 0 aromatic carbocycles. The average Bonchev–Trinajstić information content (AvgIpc) is 2.94. The monoisotopic (exact) mass is 329 g/mol. The van der Waals surface area contributed by atoms with Gasteiger partial charge in [-0.15, -0.1) is 11.3 Å². The van der Waals surface area contributed by atoms with Crippen molar-refractivity contribution < 1.29 is 0 Å². The first-order valence-corrected chi connectivity index (χ1v) is 8.40. The first kappa shape index (κ1) is 13.3. The van der Waals surface area contributed by atoms with Crippen LogP contribution >= 0.6 is 38.6 Å². The molecule has 0 aliphatic rings. The Kier molecular flexibility index (Phi) is 4.79. The van der Waals surface area contributed by atoms with E-state index in [2.05, 4.69) is 57.3 Å². The van der Waals surface area contributed by atoms with Gasteiger partial charge in [-0.3, -0.25) is 0 Å². The second-order valence-electron chi connectivity index (χ2n) is 3.83. The lowest BCUT2D eigenvalue weighted by Crippen LogP contribution is -2.21. The Morgan fingerprint density at radius 1 is 1.35 bits per heavy atom. The molecule has 1 N–H and O–H groups in total. The highest BCUT2D eigenvalue weighted by atomic mass is 79.9. The smallest absolute Gasteiger partial charge is 0.0693 e. The van der Waals surface area contributed by atoms with Gasteiger partial charge in [-0.05, 0) is 56.8 Å². The van der Waals surface area contributed by atoms with Gasteiger partial charge in [0, 0.05) is 14.7 Å². The molecule has 17 heavy (non-hydrogen) atoms. The Labute approximate surface area is 119 Å². The Morgan fingerprint density at radius 3 is 2.76 bits per heavy atom. The molecule has 1 unspecified atom stereocenters. The van der Waals surface area contributed by atoms with E-state index in [1.54, 1.807) is 11.3 Å². The van der Waals surface area contributed by atoms with E-state index < -0.39 is 0 Å². The van der Waals surface area contributed by atoms with Gasteiger partial charge in [-0.1, -0.05) is 13.8 Å². The minimum absolute atomic E-state index is 0.329. The molecule has 0 saturated carbocycles. The average molecular weight is 330 g/mol. The summed E-state index contributed by atoms with van der Waals surface area (Å²) < 4.78 is 1.21. The molecular weight excluding hydrogens is 314 g/mol. The van der Waals surface area contributed by atoms with Crippen LogP contribution in [0.15, 0.2) is 26.7 Å². The van der Waals surface area contributed by atoms with Crippen LogP contribution in [0.5, 0.6) is 0 Å². The lowest BCUT2D eigenvalue weighted by Gasteiger charge is -2.18. The predicted octanol–water partition coefficient (Wildman–Crippen LogP) is 4.83. The first-order valence-electron chi connectivity index (χ1n) is 5.79. The van der Waals surface area contributed by atoms with Crippen LogP contribution in [0.1, 0.15) is 35.9 Å². The van der Waals surface area contributed by atoms with Gasteiger partial charge < -0.3 is 5.32 Å². The summed E-state index contributed by atoms with van der Waals surface area (Å²) in [5, 5.41) is 10.2. The number of hydrogen-bond acceptors (Lipinski definition) is 3. The first-order chi connectivity index (χ1) is 8.27. The molecule has 2 aromatic heterocycles. The van der Waals surface area contributed by atoms with E-state index in [-0.39, 0.29) is 0 Å². The summed E-state index contributed by atoms with van der Waals surface area (Å²) >= 11 is 7.24. The Hall–Kier alpha value is -0.160. The molecule has 4 heteroatoms. The predicted molar refractivity (Wildman–Crippen MR) is 81.2 cm³/mol. The van der Waals surface area contributed by atoms with Crippen LogP contribution in [-0.4, -0.2) is 6.54 Å². The van der Waals surface area contributed by atoms with Crippen LogP contribution < -0.4 is 5.32 Å². The number of thiophene rings is 2. The molecule has 2 aromatic rings. The third-order valence-electron chi connectivity index (χ3n) is 2.79. The number of rotatable bonds is 5. The molecule has 0 aliphatic carbocycles. The van der Waals surface area contributed by atoms with E-state index in [0.29, 0.717) is 6.04 Å². The molecule has 0 fully saturated rings. The molecule has 0 radical (unpaired) electrons. The maximum atomic E-state index is 3.64. The van der Waals surface area contributed by atoms with E-state index in [1.165, 1.54) is 20.5 Å². The van der Waals surface area contributed by atoms with Crippen LogP contribution in [0.2, 0.25) is 0 Å². The lowest BCUT2D eigenvalue weighted by molar-refractivity contribution is 0.635. The molecule has 2 heterocycles. The highest BCUT2D eigenvalue weighted by molar-refractivity contribution is 9.10. The zero-order valence-corrected chi connectivity index (χ0v) is 13.2. The van der Waals surface area contributed by atoms with E-state index in [1.807, 2.05) is 11.3 Å². The minimum Gasteiger partial charge on any atom is -0.306 e. The SMILES string of the molecule is CCNC(c1cscc1Br)c1sccc1CC. The van der Waals surface area contributed by atoms with Crippen molar-refractivity contribution in [1.82, 2.24) is 5.32 Å². The van der Waals surface area contributed by atoms with Crippen molar-refractivity contribution in [2.75, 3.05) is 6.54 Å². The van der Waals surface area contributed by atoms with Crippen LogP contribution in [0.3, 0.4) is 0 Å². The standard InChI is InChI=1S/C13H16BrNS2/c1-3-9-5-6-17-13(9)12(15-4-2)10-7-16-8-11(10)14/h5-8,12,15H,3-4H2,1-2H3. The second-order valence-corrected chi connectivity index (χ2v) is 6.37. The molecule has 0 bridgehead atoms. The summed E-state index contributed by atoms with van der Waals surface area (Å²) in [7, 11) is 0. The van der Waals surface area contributed by atoms with Crippen LogP contribution in [-0.2, 0) is 6.42 Å². The largest absolute Gasteiger partial charge is 0.306 e. The summed E-state index contributed by atoms with van der Waals surface area (Å²) in [4.78, 5) is 1.45. The fourth-order valence-corrected chi connectivity index (χ4v) is 4.58. The van der Waals surface area contributed by atoms with Crippen LogP contribution in [0, 0.1) is 0 Å². The highest BCUT2D eigenvalue weighted by Crippen LogP contribution is 2.35. The normalized spacial score (nSPS) is 12.9. The quantitative estimate of drug-likeness (QED) is 0.828. The molecule has 2 rings (SSSR count). The number of nitrogens with one attached hydrogen (secondary N) is 1. The van der Waals surface area contributed by atoms with Crippen molar-refractivity contribution in [2.24, 2.45) is 0 Å². The van der Waals surface area contributed by atoms with E-state index >= 15 is 0 Å². The highest BCUT2D eigenvalue weighted by Gasteiger charge is 2.20. The molecule has 0 aliphatic heterocycles. The van der Waals surface area contributed by atoms with Crippen molar-refractivity contribution in [3.05, 3.63) is 42.7 Å². The molecule has 1 nitrogen and oxygen atoms in total. The van der Waals surface area contributed by atoms with Gasteiger partial charge in [-0.2, -0.15) is 11.3 Å². The van der Waals surface area contributed by atoms with Crippen molar-refractivity contribution >= 4 is 38.6 Å². The van der Waals surface area contributed by atoms with Gasteiger partial charge in [0.25, 0.3) is 0 Å². The zero-order valence-electron chi connectivity index (χ0n) is 10.00. The van der Waals surface area contributed by atoms with Crippen molar-refractivity contribution in [3.8, 4) is 0 Å². The van der Waals surface area contributed by atoms with E-state index in [9.17, 15) is 0 Å². The summed E-state index contributed by atoms with van der Waals surface area (Å²) in [6, 6.07) is 2.57. The third kappa shape index (κ3) is 2.81. The van der Waals surface area contributed by atoms with Gasteiger partial charge in [-0.25, -0.2) is 0 Å². The molecule has 1 atom stereocenters. The zero-order chi connectivity index (χ0) is 12.3. The van der Waals surface area contributed by atoms with Gasteiger partial charge in [0.1, 0.15) is 0 Å². The minimum atomic E-state index is 0.329. The van der Waals surface area contributed by atoms with Crippen LogP contribution in [0.25, 0.3) is 0 Å². The molecular formula is C13H16BrNS2. The Balaban J connectivity index is 2.39. The van der Waals surface area contributed by atoms with Gasteiger partial charge >= 0.3 is 0 Å². The van der Waals surface area contributed by atoms with E-state index in [4.69, 9.17) is 0 Å². The summed E-state index contributed by atoms with van der Waals surface area (Å²) in [6.45, 7) is 5.36. The van der Waals surface area contributed by atoms with Gasteiger partial charge in [0.05, 0.1) is 6.04 Å². The summed E-state index contributed by atoms with van der Waals surface area (Å²) in [5.41, 5.74) is 2.81. The lowest BCUT2D eigenvalue weighted by atomic mass is 10.0. The third-order valence-corrected chi connectivity index (χ3v) is 5.56. The topological polar surface area (TPSA) is 12.0 Å². The van der Waals surface area contributed by atoms with Gasteiger partial charge in [0.2, 0.25) is 0 Å². The number of aryl methyl sites for hydroxylation is 1. The molecule has 0 spiro atoms. The van der Waals surface area contributed by atoms with Crippen molar-refractivity contribution in [1.29, 1.82) is 0 Å². The molecule has 92 valence electrons. The Bertz CT molecular complexity index is 475. The van der Waals surface area contributed by atoms with Crippen LogP contribution in [0.4, 0.5) is 0 Å². The van der Waals surface area contributed by atoms with Gasteiger partial charge in [0.15, 0.2) is 0 Å². The van der Waals surface area contributed by atoms with Crippen molar-refractivity contribution in [2.45, 2.75) is 26.3 Å². The molecule has 0 amide bonds. The number of hydrogen-bond donors (Lipinski definition) is 1. The maximum Gasteiger partial charge on any atom is 0.0693 e. The summed E-state index contributed by atoms with van der Waals surface area (Å²) in [5.74, 6) is 0. The maximum absolute atomic E-state index is 3.64. The second kappa shape index (κ2) is 6.14. The van der Waals surface area contributed by atoms with Crippen molar-refractivity contribution in [3.63, 3.8) is 0 Å². The van der Waals surface area contributed by atoms with E-state index in [0.717, 1.165) is 13.0 Å².